The summed E-state index contributed by atoms with van der Waals surface area (Å²) in [6.07, 6.45) is 5.28. The van der Waals surface area contributed by atoms with E-state index in [1.54, 1.807) is 0 Å². The molecule has 0 aromatic rings. The molecule has 0 amide bonds. The van der Waals surface area contributed by atoms with Gasteiger partial charge in [0.15, 0.2) is 0 Å². The van der Waals surface area contributed by atoms with E-state index in [-0.39, 0.29) is 17.6 Å². The van der Waals surface area contributed by atoms with Crippen molar-refractivity contribution in [1.29, 1.82) is 0 Å². The molecule has 5 heteroatoms. The normalized spacial score (nSPS) is 30.1. The first-order chi connectivity index (χ1) is 7.83. The van der Waals surface area contributed by atoms with Crippen LogP contribution in [0, 0.1) is 17.8 Å². The van der Waals surface area contributed by atoms with Crippen LogP contribution in [0.1, 0.15) is 39.0 Å². The zero-order valence-electron chi connectivity index (χ0n) is 10.6. The van der Waals surface area contributed by atoms with Crippen molar-refractivity contribution in [3.8, 4) is 0 Å². The van der Waals surface area contributed by atoms with E-state index in [1.165, 1.54) is 6.26 Å². The van der Waals surface area contributed by atoms with Crippen LogP contribution >= 0.6 is 0 Å². The molecule has 3 unspecified atom stereocenters. The molecule has 0 bridgehead atoms. The van der Waals surface area contributed by atoms with Crippen LogP contribution in [0.2, 0.25) is 0 Å². The van der Waals surface area contributed by atoms with Crippen molar-refractivity contribution in [2.75, 3.05) is 12.0 Å². The molecule has 1 aliphatic carbocycles. The van der Waals surface area contributed by atoms with E-state index in [4.69, 9.17) is 5.11 Å². The zero-order valence-corrected chi connectivity index (χ0v) is 11.4. The molecule has 0 aliphatic heterocycles. The van der Waals surface area contributed by atoms with E-state index in [9.17, 15) is 13.2 Å². The van der Waals surface area contributed by atoms with Crippen LogP contribution in [0.3, 0.4) is 0 Å². The summed E-state index contributed by atoms with van der Waals surface area (Å²) in [4.78, 5) is 11.1. The highest BCUT2D eigenvalue weighted by Crippen LogP contribution is 2.37. The Hall–Kier alpha value is -0.580. The number of hydrogen-bond donors (Lipinski definition) is 1. The van der Waals surface area contributed by atoms with Crippen LogP contribution in [0.25, 0.3) is 0 Å². The summed E-state index contributed by atoms with van der Waals surface area (Å²) >= 11 is 0. The quantitative estimate of drug-likeness (QED) is 0.822. The first kappa shape index (κ1) is 14.5. The molecule has 1 saturated carbocycles. The van der Waals surface area contributed by atoms with Gasteiger partial charge in [0, 0.05) is 6.26 Å². The van der Waals surface area contributed by atoms with Gasteiger partial charge in [-0.05, 0) is 37.5 Å². The van der Waals surface area contributed by atoms with Gasteiger partial charge in [0.05, 0.1) is 11.7 Å². The van der Waals surface area contributed by atoms with E-state index in [1.807, 2.05) is 0 Å². The molecule has 1 N–H and O–H groups in total. The van der Waals surface area contributed by atoms with E-state index < -0.39 is 15.8 Å². The highest BCUT2D eigenvalue weighted by molar-refractivity contribution is 7.90. The lowest BCUT2D eigenvalue weighted by atomic mass is 9.72. The van der Waals surface area contributed by atoms with Crippen molar-refractivity contribution in [3.05, 3.63) is 0 Å². The number of sulfone groups is 1. The van der Waals surface area contributed by atoms with Crippen LogP contribution in [-0.2, 0) is 14.6 Å². The smallest absolute Gasteiger partial charge is 0.306 e. The topological polar surface area (TPSA) is 71.4 Å². The van der Waals surface area contributed by atoms with E-state index in [0.717, 1.165) is 19.3 Å². The Labute approximate surface area is 103 Å². The van der Waals surface area contributed by atoms with Crippen LogP contribution in [-0.4, -0.2) is 31.5 Å². The van der Waals surface area contributed by atoms with Crippen LogP contribution in [0.4, 0.5) is 0 Å². The summed E-state index contributed by atoms with van der Waals surface area (Å²) in [6, 6.07) is 0. The maximum absolute atomic E-state index is 11.2. The number of carboxylic acids is 1. The fourth-order valence-corrected chi connectivity index (χ4v) is 3.47. The summed E-state index contributed by atoms with van der Waals surface area (Å²) in [5, 5.41) is 9.15. The molecule has 1 rings (SSSR count). The third kappa shape index (κ3) is 4.66. The number of carboxylic acid groups (broad SMARTS) is 1. The fourth-order valence-electron chi connectivity index (χ4n) is 2.74. The Morgan fingerprint density at radius 2 is 2.00 bits per heavy atom. The monoisotopic (exact) mass is 262 g/mol. The SMILES string of the molecule is CCC1CCC(C(=O)O)C(CCS(C)(=O)=O)C1. The third-order valence-electron chi connectivity index (χ3n) is 3.85. The number of carbonyl (C=O) groups is 1. The van der Waals surface area contributed by atoms with Gasteiger partial charge in [-0.25, -0.2) is 8.42 Å². The van der Waals surface area contributed by atoms with Gasteiger partial charge in [-0.2, -0.15) is 0 Å². The van der Waals surface area contributed by atoms with Crippen molar-refractivity contribution < 1.29 is 18.3 Å². The van der Waals surface area contributed by atoms with Gasteiger partial charge < -0.3 is 5.11 Å². The summed E-state index contributed by atoms with van der Waals surface area (Å²) in [6.45, 7) is 2.11. The fraction of sp³-hybridized carbons (Fsp3) is 0.917. The average molecular weight is 262 g/mol. The van der Waals surface area contributed by atoms with Crippen LogP contribution in [0.5, 0.6) is 0 Å². The molecule has 0 heterocycles. The van der Waals surface area contributed by atoms with Crippen LogP contribution < -0.4 is 0 Å². The molecule has 0 aromatic carbocycles. The lowest BCUT2D eigenvalue weighted by molar-refractivity contribution is -0.145. The first-order valence-corrected chi connectivity index (χ1v) is 8.30. The van der Waals surface area contributed by atoms with E-state index in [2.05, 4.69) is 6.92 Å². The van der Waals surface area contributed by atoms with Gasteiger partial charge >= 0.3 is 5.97 Å². The maximum Gasteiger partial charge on any atom is 0.306 e. The number of hydrogen-bond acceptors (Lipinski definition) is 3. The third-order valence-corrected chi connectivity index (χ3v) is 4.82. The van der Waals surface area contributed by atoms with Gasteiger partial charge in [-0.15, -0.1) is 0 Å². The molecule has 4 nitrogen and oxygen atoms in total. The molecule has 17 heavy (non-hydrogen) atoms. The Balaban J connectivity index is 2.64. The number of rotatable bonds is 5. The Bertz CT molecular complexity index is 361. The largest absolute Gasteiger partial charge is 0.481 e. The second-order valence-electron chi connectivity index (χ2n) is 5.21. The van der Waals surface area contributed by atoms with Gasteiger partial charge in [0.2, 0.25) is 0 Å². The Morgan fingerprint density at radius 3 is 2.47 bits per heavy atom. The van der Waals surface area contributed by atoms with Crippen LogP contribution in [0.15, 0.2) is 0 Å². The molecular weight excluding hydrogens is 240 g/mol. The molecule has 1 fully saturated rings. The molecule has 3 atom stereocenters. The first-order valence-electron chi connectivity index (χ1n) is 6.24. The van der Waals surface area contributed by atoms with Gasteiger partial charge in [-0.1, -0.05) is 13.3 Å². The maximum atomic E-state index is 11.2. The summed E-state index contributed by atoms with van der Waals surface area (Å²) in [5.41, 5.74) is 0. The van der Waals surface area contributed by atoms with Crippen molar-refractivity contribution >= 4 is 15.8 Å². The van der Waals surface area contributed by atoms with Crippen molar-refractivity contribution in [2.24, 2.45) is 17.8 Å². The minimum atomic E-state index is -2.99. The highest BCUT2D eigenvalue weighted by Gasteiger charge is 2.34. The Kier molecular flexibility index (Phi) is 4.98. The molecule has 1 aliphatic rings. The van der Waals surface area contributed by atoms with Gasteiger partial charge in [0.1, 0.15) is 9.84 Å². The highest BCUT2D eigenvalue weighted by atomic mass is 32.2. The van der Waals surface area contributed by atoms with Crippen molar-refractivity contribution in [1.82, 2.24) is 0 Å². The Morgan fingerprint density at radius 1 is 1.35 bits per heavy atom. The van der Waals surface area contributed by atoms with E-state index in [0.29, 0.717) is 18.8 Å². The second kappa shape index (κ2) is 5.85. The lowest BCUT2D eigenvalue weighted by Gasteiger charge is -2.33. The summed E-state index contributed by atoms with van der Waals surface area (Å²) in [7, 11) is -2.99. The number of aliphatic carboxylic acids is 1. The van der Waals surface area contributed by atoms with Crippen molar-refractivity contribution in [2.45, 2.75) is 39.0 Å². The summed E-state index contributed by atoms with van der Waals surface area (Å²) in [5.74, 6) is -0.411. The predicted octanol–water partition coefficient (Wildman–Crippen LogP) is 1.95. The zero-order chi connectivity index (χ0) is 13.1. The van der Waals surface area contributed by atoms with E-state index >= 15 is 0 Å². The van der Waals surface area contributed by atoms with Gasteiger partial charge in [-0.3, -0.25) is 4.79 Å². The summed E-state index contributed by atoms with van der Waals surface area (Å²) < 4.78 is 22.3. The molecule has 0 radical (unpaired) electrons. The van der Waals surface area contributed by atoms with Crippen molar-refractivity contribution in [3.63, 3.8) is 0 Å². The average Bonchev–Trinajstić information content (AvgIpc) is 2.24. The molecular formula is C12H22O4S. The molecule has 100 valence electrons. The minimum absolute atomic E-state index is 0.0286. The predicted molar refractivity (Wildman–Crippen MR) is 66.6 cm³/mol. The minimum Gasteiger partial charge on any atom is -0.481 e. The van der Waals surface area contributed by atoms with Gasteiger partial charge in [0.25, 0.3) is 0 Å². The second-order valence-corrected chi connectivity index (χ2v) is 7.47. The molecule has 0 spiro atoms. The lowest BCUT2D eigenvalue weighted by Crippen LogP contribution is -2.31. The standard InChI is InChI=1S/C12H22O4S/c1-3-9-4-5-11(12(13)14)10(8-9)6-7-17(2,15)16/h9-11H,3-8H2,1-2H3,(H,13,14). The molecule has 0 aromatic heterocycles. The molecule has 0 saturated heterocycles.